The van der Waals surface area contributed by atoms with E-state index in [2.05, 4.69) is 15.4 Å². The topological polar surface area (TPSA) is 42.7 Å². The monoisotopic (exact) mass is 202 g/mol. The lowest BCUT2D eigenvalue weighted by molar-refractivity contribution is 0.712. The maximum absolute atomic E-state index is 4.37. The van der Waals surface area contributed by atoms with Crippen molar-refractivity contribution in [2.45, 2.75) is 13.5 Å². The summed E-state index contributed by atoms with van der Waals surface area (Å²) in [5.74, 6) is 1.73. The van der Waals surface area contributed by atoms with Crippen LogP contribution in [0.2, 0.25) is 0 Å². The van der Waals surface area contributed by atoms with Crippen LogP contribution in [-0.2, 0) is 6.54 Å². The van der Waals surface area contributed by atoms with Gasteiger partial charge in [-0.1, -0.05) is 18.2 Å². The van der Waals surface area contributed by atoms with Gasteiger partial charge in [-0.2, -0.15) is 5.10 Å². The molecule has 4 heteroatoms. The number of aromatic nitrogens is 3. The van der Waals surface area contributed by atoms with Gasteiger partial charge in [-0.05, 0) is 26.1 Å². The fourth-order valence-corrected chi connectivity index (χ4v) is 1.51. The summed E-state index contributed by atoms with van der Waals surface area (Å²) in [4.78, 5) is 4.37. The molecule has 0 saturated heterocycles. The Morgan fingerprint density at radius 1 is 1.27 bits per heavy atom. The number of benzene rings is 1. The number of rotatable bonds is 3. The number of para-hydroxylation sites is 1. The summed E-state index contributed by atoms with van der Waals surface area (Å²) in [5.41, 5.74) is 1.04. The SMILES string of the molecule is CNCc1nc(C)nn1-c1ccccc1. The van der Waals surface area contributed by atoms with Crippen molar-refractivity contribution in [1.29, 1.82) is 0 Å². The minimum Gasteiger partial charge on any atom is -0.313 e. The molecule has 78 valence electrons. The summed E-state index contributed by atoms with van der Waals surface area (Å²) in [7, 11) is 1.90. The average molecular weight is 202 g/mol. The van der Waals surface area contributed by atoms with E-state index < -0.39 is 0 Å². The molecule has 0 aliphatic heterocycles. The van der Waals surface area contributed by atoms with Crippen molar-refractivity contribution in [1.82, 2.24) is 20.1 Å². The lowest BCUT2D eigenvalue weighted by Gasteiger charge is -2.04. The third kappa shape index (κ3) is 2.05. The first-order valence-corrected chi connectivity index (χ1v) is 4.94. The van der Waals surface area contributed by atoms with Gasteiger partial charge < -0.3 is 5.32 Å². The van der Waals surface area contributed by atoms with Gasteiger partial charge in [-0.15, -0.1) is 0 Å². The third-order valence-corrected chi connectivity index (χ3v) is 2.12. The molecule has 2 rings (SSSR count). The third-order valence-electron chi connectivity index (χ3n) is 2.12. The zero-order chi connectivity index (χ0) is 10.7. The number of hydrogen-bond acceptors (Lipinski definition) is 3. The minimum absolute atomic E-state index is 0.718. The molecule has 0 saturated carbocycles. The molecule has 0 amide bonds. The zero-order valence-electron chi connectivity index (χ0n) is 8.94. The first kappa shape index (κ1) is 9.86. The van der Waals surface area contributed by atoms with Crippen molar-refractivity contribution in [3.8, 4) is 5.69 Å². The van der Waals surface area contributed by atoms with Crippen molar-refractivity contribution >= 4 is 0 Å². The van der Waals surface area contributed by atoms with Gasteiger partial charge in [-0.3, -0.25) is 0 Å². The Balaban J connectivity index is 2.43. The minimum atomic E-state index is 0.718. The molecule has 0 atom stereocenters. The highest BCUT2D eigenvalue weighted by Gasteiger charge is 2.07. The van der Waals surface area contributed by atoms with Gasteiger partial charge in [0, 0.05) is 0 Å². The highest BCUT2D eigenvalue weighted by atomic mass is 15.4. The van der Waals surface area contributed by atoms with E-state index in [-0.39, 0.29) is 0 Å². The summed E-state index contributed by atoms with van der Waals surface area (Å²) in [6.07, 6.45) is 0. The van der Waals surface area contributed by atoms with Crippen LogP contribution in [0, 0.1) is 6.92 Å². The molecular weight excluding hydrogens is 188 g/mol. The predicted molar refractivity (Wildman–Crippen MR) is 58.9 cm³/mol. The van der Waals surface area contributed by atoms with Gasteiger partial charge in [0.2, 0.25) is 0 Å². The van der Waals surface area contributed by atoms with E-state index in [1.54, 1.807) is 0 Å². The number of nitrogens with zero attached hydrogens (tertiary/aromatic N) is 3. The van der Waals surface area contributed by atoms with Gasteiger partial charge in [0.15, 0.2) is 0 Å². The molecule has 1 N–H and O–H groups in total. The Bertz CT molecular complexity index is 433. The largest absolute Gasteiger partial charge is 0.313 e. The molecule has 0 unspecified atom stereocenters. The predicted octanol–water partition coefficient (Wildman–Crippen LogP) is 1.30. The maximum Gasteiger partial charge on any atom is 0.148 e. The van der Waals surface area contributed by atoms with Gasteiger partial charge in [-0.25, -0.2) is 9.67 Å². The number of aryl methyl sites for hydroxylation is 1. The van der Waals surface area contributed by atoms with Crippen LogP contribution in [0.5, 0.6) is 0 Å². The standard InChI is InChI=1S/C11H14N4/c1-9-13-11(8-12-2)15(14-9)10-6-4-3-5-7-10/h3-7,12H,8H2,1-2H3. The van der Waals surface area contributed by atoms with Crippen molar-refractivity contribution < 1.29 is 0 Å². The second kappa shape index (κ2) is 4.23. The number of nitrogens with one attached hydrogen (secondary N) is 1. The van der Waals surface area contributed by atoms with Crippen molar-refractivity contribution in [3.05, 3.63) is 42.0 Å². The molecule has 4 nitrogen and oxygen atoms in total. The van der Waals surface area contributed by atoms with E-state index in [0.29, 0.717) is 0 Å². The molecule has 0 aliphatic rings. The molecule has 0 spiro atoms. The molecule has 0 fully saturated rings. The lowest BCUT2D eigenvalue weighted by Crippen LogP contribution is -2.12. The van der Waals surface area contributed by atoms with Gasteiger partial charge in [0.25, 0.3) is 0 Å². The quantitative estimate of drug-likeness (QED) is 0.815. The molecule has 0 aliphatic carbocycles. The molecular formula is C11H14N4. The molecule has 1 aromatic carbocycles. The first-order valence-electron chi connectivity index (χ1n) is 4.94. The van der Waals surface area contributed by atoms with E-state index >= 15 is 0 Å². The zero-order valence-corrected chi connectivity index (χ0v) is 8.94. The van der Waals surface area contributed by atoms with Crippen LogP contribution >= 0.6 is 0 Å². The Morgan fingerprint density at radius 2 is 2.00 bits per heavy atom. The second-order valence-corrected chi connectivity index (χ2v) is 3.35. The van der Waals surface area contributed by atoms with E-state index in [0.717, 1.165) is 23.9 Å². The van der Waals surface area contributed by atoms with Crippen LogP contribution < -0.4 is 5.32 Å². The van der Waals surface area contributed by atoms with E-state index in [4.69, 9.17) is 0 Å². The smallest absolute Gasteiger partial charge is 0.148 e. The Kier molecular flexibility index (Phi) is 2.78. The van der Waals surface area contributed by atoms with Gasteiger partial charge in [0.05, 0.1) is 12.2 Å². The lowest BCUT2D eigenvalue weighted by atomic mass is 10.3. The molecule has 2 aromatic rings. The van der Waals surface area contributed by atoms with Crippen LogP contribution in [-0.4, -0.2) is 21.8 Å². The Hall–Kier alpha value is -1.68. The Morgan fingerprint density at radius 3 is 2.67 bits per heavy atom. The van der Waals surface area contributed by atoms with Crippen LogP contribution in [0.4, 0.5) is 0 Å². The van der Waals surface area contributed by atoms with E-state index in [9.17, 15) is 0 Å². The van der Waals surface area contributed by atoms with Crippen LogP contribution in [0.3, 0.4) is 0 Å². The van der Waals surface area contributed by atoms with Gasteiger partial charge >= 0.3 is 0 Å². The van der Waals surface area contributed by atoms with Crippen molar-refractivity contribution in [2.75, 3.05) is 7.05 Å². The summed E-state index contributed by atoms with van der Waals surface area (Å²) < 4.78 is 1.87. The second-order valence-electron chi connectivity index (χ2n) is 3.35. The normalized spacial score (nSPS) is 10.5. The summed E-state index contributed by atoms with van der Waals surface area (Å²) in [5, 5.41) is 7.45. The summed E-state index contributed by atoms with van der Waals surface area (Å²) >= 11 is 0. The van der Waals surface area contributed by atoms with Crippen LogP contribution in [0.25, 0.3) is 5.69 Å². The molecule has 1 heterocycles. The van der Waals surface area contributed by atoms with Gasteiger partial charge in [0.1, 0.15) is 11.6 Å². The average Bonchev–Trinajstić information content (AvgIpc) is 2.62. The maximum atomic E-state index is 4.37. The molecule has 15 heavy (non-hydrogen) atoms. The molecule has 0 radical (unpaired) electrons. The van der Waals surface area contributed by atoms with E-state index in [1.165, 1.54) is 0 Å². The first-order chi connectivity index (χ1) is 7.31. The molecule has 0 bridgehead atoms. The molecule has 1 aromatic heterocycles. The van der Waals surface area contributed by atoms with E-state index in [1.807, 2.05) is 49.0 Å². The Labute approximate surface area is 89.0 Å². The summed E-state index contributed by atoms with van der Waals surface area (Å²) in [6.45, 7) is 2.62. The number of hydrogen-bond donors (Lipinski definition) is 1. The highest BCUT2D eigenvalue weighted by Crippen LogP contribution is 2.08. The fraction of sp³-hybridized carbons (Fsp3) is 0.273. The van der Waals surface area contributed by atoms with Crippen molar-refractivity contribution in [3.63, 3.8) is 0 Å². The van der Waals surface area contributed by atoms with Crippen LogP contribution in [0.15, 0.2) is 30.3 Å². The fourth-order valence-electron chi connectivity index (χ4n) is 1.51. The van der Waals surface area contributed by atoms with Crippen LogP contribution in [0.1, 0.15) is 11.6 Å². The summed E-state index contributed by atoms with van der Waals surface area (Å²) in [6, 6.07) is 10.0. The highest BCUT2D eigenvalue weighted by molar-refractivity contribution is 5.31. The van der Waals surface area contributed by atoms with Crippen molar-refractivity contribution in [2.24, 2.45) is 0 Å².